The van der Waals surface area contributed by atoms with Crippen molar-refractivity contribution >= 4 is 5.97 Å². The summed E-state index contributed by atoms with van der Waals surface area (Å²) in [6.45, 7) is 1.04. The summed E-state index contributed by atoms with van der Waals surface area (Å²) in [6, 6.07) is 0. The molecule has 0 amide bonds. The molecule has 3 rings (SSSR count). The molecule has 1 aliphatic rings. The highest BCUT2D eigenvalue weighted by atomic mass is 16.4. The van der Waals surface area contributed by atoms with Crippen LogP contribution in [0.5, 0.6) is 0 Å². The molecule has 0 atom stereocenters. The fraction of sp³-hybridized carbons (Fsp3) is 0.417. The third-order valence-corrected chi connectivity index (χ3v) is 3.43. The van der Waals surface area contributed by atoms with Gasteiger partial charge in [-0.05, 0) is 31.4 Å². The molecule has 7 heteroatoms. The molecule has 0 saturated carbocycles. The second-order valence-corrected chi connectivity index (χ2v) is 4.62. The van der Waals surface area contributed by atoms with E-state index in [1.807, 2.05) is 0 Å². The summed E-state index contributed by atoms with van der Waals surface area (Å²) in [5.41, 5.74) is 9.20. The third-order valence-electron chi connectivity index (χ3n) is 3.43. The molecule has 0 spiro atoms. The Morgan fingerprint density at radius 2 is 2.37 bits per heavy atom. The van der Waals surface area contributed by atoms with Crippen LogP contribution >= 0.6 is 0 Å². The number of hydrogen-bond donors (Lipinski definition) is 3. The molecule has 0 aromatic carbocycles. The monoisotopic (exact) mass is 261 g/mol. The maximum atomic E-state index is 11.5. The van der Waals surface area contributed by atoms with Gasteiger partial charge in [0.25, 0.3) is 0 Å². The summed E-state index contributed by atoms with van der Waals surface area (Å²) in [5.74, 6) is -0.936. The zero-order valence-corrected chi connectivity index (χ0v) is 10.4. The molecule has 0 saturated heterocycles. The fourth-order valence-corrected chi connectivity index (χ4v) is 2.54. The Labute approximate surface area is 109 Å². The second kappa shape index (κ2) is 4.51. The molecule has 7 nitrogen and oxygen atoms in total. The van der Waals surface area contributed by atoms with Crippen LogP contribution in [-0.4, -0.2) is 37.6 Å². The Morgan fingerprint density at radius 3 is 3.11 bits per heavy atom. The standard InChI is InChI=1S/C12H15N5O2/c13-4-1-5-17-11(12(18)19)8-3-2-7-6-14-15-9(7)10(8)16-17/h6H,1-5,13H2,(H,14,15)(H,18,19). The van der Waals surface area contributed by atoms with Gasteiger partial charge in [-0.3, -0.25) is 9.78 Å². The van der Waals surface area contributed by atoms with Crippen LogP contribution in [0.25, 0.3) is 11.4 Å². The number of fused-ring (bicyclic) bond motifs is 3. The SMILES string of the molecule is NCCCn1nc2c(c1C(=O)O)CCc1cn[nH]c1-2. The van der Waals surface area contributed by atoms with Gasteiger partial charge in [0.2, 0.25) is 0 Å². The van der Waals surface area contributed by atoms with Crippen molar-refractivity contribution < 1.29 is 9.90 Å². The minimum atomic E-state index is -0.936. The minimum Gasteiger partial charge on any atom is -0.477 e. The van der Waals surface area contributed by atoms with Gasteiger partial charge in [-0.2, -0.15) is 10.2 Å². The van der Waals surface area contributed by atoms with Crippen LogP contribution < -0.4 is 5.73 Å². The molecule has 2 aromatic heterocycles. The number of nitrogens with two attached hydrogens (primary N) is 1. The lowest BCUT2D eigenvalue weighted by atomic mass is 9.94. The molecule has 0 fully saturated rings. The van der Waals surface area contributed by atoms with Crippen molar-refractivity contribution in [3.05, 3.63) is 23.0 Å². The molecule has 4 N–H and O–H groups in total. The largest absolute Gasteiger partial charge is 0.477 e. The lowest BCUT2D eigenvalue weighted by molar-refractivity contribution is 0.0681. The smallest absolute Gasteiger partial charge is 0.354 e. The fourth-order valence-electron chi connectivity index (χ4n) is 2.54. The van der Waals surface area contributed by atoms with E-state index in [-0.39, 0.29) is 5.69 Å². The highest BCUT2D eigenvalue weighted by molar-refractivity contribution is 5.90. The lowest BCUT2D eigenvalue weighted by Crippen LogP contribution is -2.14. The molecule has 0 unspecified atom stereocenters. The van der Waals surface area contributed by atoms with Crippen LogP contribution in [-0.2, 0) is 19.4 Å². The van der Waals surface area contributed by atoms with E-state index in [1.165, 1.54) is 0 Å². The average Bonchev–Trinajstić information content (AvgIpc) is 2.98. The molecule has 0 aliphatic heterocycles. The number of nitrogens with zero attached hydrogens (tertiary/aromatic N) is 3. The van der Waals surface area contributed by atoms with Crippen molar-refractivity contribution in [2.75, 3.05) is 6.54 Å². The van der Waals surface area contributed by atoms with E-state index < -0.39 is 5.97 Å². The van der Waals surface area contributed by atoms with E-state index in [0.717, 1.165) is 23.2 Å². The van der Waals surface area contributed by atoms with Crippen LogP contribution in [0.3, 0.4) is 0 Å². The van der Waals surface area contributed by atoms with Gasteiger partial charge in [-0.1, -0.05) is 0 Å². The first kappa shape index (κ1) is 11.9. The first-order chi connectivity index (χ1) is 9.22. The maximum Gasteiger partial charge on any atom is 0.354 e. The number of H-pyrrole nitrogens is 1. The number of aromatic carboxylic acids is 1. The highest BCUT2D eigenvalue weighted by Gasteiger charge is 2.28. The van der Waals surface area contributed by atoms with Crippen molar-refractivity contribution in [3.8, 4) is 11.4 Å². The number of hydrogen-bond acceptors (Lipinski definition) is 4. The van der Waals surface area contributed by atoms with Gasteiger partial charge in [0, 0.05) is 12.1 Å². The Kier molecular flexibility index (Phi) is 2.83. The number of carboxylic acids is 1. The summed E-state index contributed by atoms with van der Waals surface area (Å²) in [6.07, 6.45) is 3.96. The second-order valence-electron chi connectivity index (χ2n) is 4.62. The van der Waals surface area contributed by atoms with Crippen molar-refractivity contribution in [3.63, 3.8) is 0 Å². The Bertz CT molecular complexity index is 628. The Balaban J connectivity index is 2.12. The molecule has 100 valence electrons. The molecular formula is C12H15N5O2. The predicted octanol–water partition coefficient (Wildman–Crippen LogP) is 0.419. The minimum absolute atomic E-state index is 0.281. The van der Waals surface area contributed by atoms with E-state index >= 15 is 0 Å². The predicted molar refractivity (Wildman–Crippen MR) is 67.8 cm³/mol. The molecule has 2 heterocycles. The number of carboxylic acid groups (broad SMARTS) is 1. The molecule has 2 aromatic rings. The van der Waals surface area contributed by atoms with Crippen molar-refractivity contribution in [2.24, 2.45) is 5.73 Å². The molecular weight excluding hydrogens is 246 g/mol. The van der Waals surface area contributed by atoms with Gasteiger partial charge in [0.15, 0.2) is 0 Å². The van der Waals surface area contributed by atoms with E-state index in [2.05, 4.69) is 15.3 Å². The van der Waals surface area contributed by atoms with Crippen molar-refractivity contribution in [1.29, 1.82) is 0 Å². The summed E-state index contributed by atoms with van der Waals surface area (Å²) in [4.78, 5) is 11.5. The normalized spacial score (nSPS) is 13.1. The number of aromatic amines is 1. The van der Waals surface area contributed by atoms with Gasteiger partial charge < -0.3 is 10.8 Å². The van der Waals surface area contributed by atoms with Gasteiger partial charge in [-0.15, -0.1) is 0 Å². The Hall–Kier alpha value is -2.15. The number of nitrogens with one attached hydrogen (secondary N) is 1. The zero-order chi connectivity index (χ0) is 13.4. The van der Waals surface area contributed by atoms with Crippen LogP contribution in [0, 0.1) is 0 Å². The van der Waals surface area contributed by atoms with Crippen molar-refractivity contribution in [2.45, 2.75) is 25.8 Å². The van der Waals surface area contributed by atoms with Gasteiger partial charge >= 0.3 is 5.97 Å². The Morgan fingerprint density at radius 1 is 1.53 bits per heavy atom. The van der Waals surface area contributed by atoms with E-state index in [4.69, 9.17) is 5.73 Å². The number of aryl methyl sites for hydroxylation is 2. The van der Waals surface area contributed by atoms with Gasteiger partial charge in [0.1, 0.15) is 11.4 Å². The number of aromatic nitrogens is 4. The summed E-state index contributed by atoms with van der Waals surface area (Å²) in [5, 5.41) is 20.7. The number of rotatable bonds is 4. The van der Waals surface area contributed by atoms with Gasteiger partial charge in [0.05, 0.1) is 11.9 Å². The lowest BCUT2D eigenvalue weighted by Gasteiger charge is -2.09. The van der Waals surface area contributed by atoms with Crippen LogP contribution in [0.1, 0.15) is 28.0 Å². The first-order valence-corrected chi connectivity index (χ1v) is 6.28. The van der Waals surface area contributed by atoms with E-state index in [9.17, 15) is 9.90 Å². The molecule has 19 heavy (non-hydrogen) atoms. The topological polar surface area (TPSA) is 110 Å². The van der Waals surface area contributed by atoms with Crippen molar-refractivity contribution in [1.82, 2.24) is 20.0 Å². The molecule has 0 radical (unpaired) electrons. The summed E-state index contributed by atoms with van der Waals surface area (Å²) >= 11 is 0. The van der Waals surface area contributed by atoms with E-state index in [0.29, 0.717) is 31.6 Å². The van der Waals surface area contributed by atoms with Crippen LogP contribution in [0.4, 0.5) is 0 Å². The molecule has 1 aliphatic carbocycles. The van der Waals surface area contributed by atoms with E-state index in [1.54, 1.807) is 10.9 Å². The first-order valence-electron chi connectivity index (χ1n) is 6.28. The van der Waals surface area contributed by atoms with Crippen LogP contribution in [0.2, 0.25) is 0 Å². The van der Waals surface area contributed by atoms with Crippen LogP contribution in [0.15, 0.2) is 6.20 Å². The highest BCUT2D eigenvalue weighted by Crippen LogP contribution is 2.32. The molecule has 0 bridgehead atoms. The number of carbonyl (C=O) groups is 1. The maximum absolute atomic E-state index is 11.5. The quantitative estimate of drug-likeness (QED) is 0.738. The summed E-state index contributed by atoms with van der Waals surface area (Å²) in [7, 11) is 0. The zero-order valence-electron chi connectivity index (χ0n) is 10.4. The summed E-state index contributed by atoms with van der Waals surface area (Å²) < 4.78 is 1.55. The average molecular weight is 261 g/mol. The third kappa shape index (κ3) is 1.82. The van der Waals surface area contributed by atoms with Gasteiger partial charge in [-0.25, -0.2) is 4.79 Å².